The van der Waals surface area contributed by atoms with Crippen LogP contribution in [0.3, 0.4) is 0 Å². The van der Waals surface area contributed by atoms with Gasteiger partial charge in [0.2, 0.25) is 0 Å². The lowest BCUT2D eigenvalue weighted by Crippen LogP contribution is -2.29. The highest BCUT2D eigenvalue weighted by atomic mass is 14.5. The van der Waals surface area contributed by atoms with Gasteiger partial charge in [-0.2, -0.15) is 0 Å². The smallest absolute Gasteiger partial charge is 0.0710 e. The van der Waals surface area contributed by atoms with Gasteiger partial charge in [-0.25, -0.2) is 0 Å². The summed E-state index contributed by atoms with van der Waals surface area (Å²) in [5, 5.41) is 0. The zero-order chi connectivity index (χ0) is 22.4. The van der Waals surface area contributed by atoms with E-state index >= 15 is 0 Å². The van der Waals surface area contributed by atoms with Crippen LogP contribution in [0.15, 0.2) is 109 Å². The third kappa shape index (κ3) is 4.49. The van der Waals surface area contributed by atoms with E-state index in [0.29, 0.717) is 5.41 Å². The molecular formula is C30H36. The molecule has 0 N–H and O–H groups in total. The van der Waals surface area contributed by atoms with Gasteiger partial charge >= 0.3 is 0 Å². The van der Waals surface area contributed by atoms with Crippen LogP contribution in [0.2, 0.25) is 0 Å². The van der Waals surface area contributed by atoms with E-state index in [4.69, 9.17) is 0 Å². The van der Waals surface area contributed by atoms with Crippen molar-refractivity contribution >= 4 is 0 Å². The molecule has 0 aromatic heterocycles. The Kier molecular flexibility index (Phi) is 7.62. The number of benzene rings is 2. The second kappa shape index (κ2) is 9.76. The first kappa shape index (κ1) is 23.4. The van der Waals surface area contributed by atoms with Gasteiger partial charge < -0.3 is 0 Å². The lowest BCUT2D eigenvalue weighted by atomic mass is 9.66. The number of rotatable bonds is 5. The number of hydrogen-bond donors (Lipinski definition) is 0. The molecule has 0 heteroatoms. The Hall–Kier alpha value is -2.86. The molecule has 2 aromatic carbocycles. The summed E-state index contributed by atoms with van der Waals surface area (Å²) >= 11 is 0. The van der Waals surface area contributed by atoms with Crippen LogP contribution in [-0.4, -0.2) is 0 Å². The first-order valence-corrected chi connectivity index (χ1v) is 10.7. The Morgan fingerprint density at radius 2 is 1.27 bits per heavy atom. The zero-order valence-electron chi connectivity index (χ0n) is 19.5. The van der Waals surface area contributed by atoms with Crippen molar-refractivity contribution in [1.29, 1.82) is 0 Å². The average Bonchev–Trinajstić information content (AvgIpc) is 3.00. The Bertz CT molecular complexity index is 935. The minimum atomic E-state index is -0.357. The van der Waals surface area contributed by atoms with Crippen LogP contribution in [0.4, 0.5) is 0 Å². The molecule has 0 unspecified atom stereocenters. The maximum atomic E-state index is 4.12. The summed E-state index contributed by atoms with van der Waals surface area (Å²) < 4.78 is 0. The van der Waals surface area contributed by atoms with Crippen LogP contribution in [0.25, 0.3) is 11.1 Å². The molecule has 30 heavy (non-hydrogen) atoms. The first-order valence-electron chi connectivity index (χ1n) is 10.7. The monoisotopic (exact) mass is 396 g/mol. The molecule has 0 nitrogen and oxygen atoms in total. The second-order valence-electron chi connectivity index (χ2n) is 9.15. The first-order chi connectivity index (χ1) is 14.2. The van der Waals surface area contributed by atoms with E-state index in [2.05, 4.69) is 128 Å². The highest BCUT2D eigenvalue weighted by molar-refractivity contribution is 5.87. The van der Waals surface area contributed by atoms with E-state index < -0.39 is 0 Å². The Balaban J connectivity index is 0.000000575. The maximum absolute atomic E-state index is 4.12. The number of fused-ring (bicyclic) bond motifs is 3. The minimum Gasteiger partial charge on any atom is -0.0991 e. The molecule has 0 radical (unpaired) electrons. The second-order valence-corrected chi connectivity index (χ2v) is 9.15. The zero-order valence-corrected chi connectivity index (χ0v) is 19.5. The third-order valence-electron chi connectivity index (χ3n) is 4.99. The number of hydrogen-bond acceptors (Lipinski definition) is 0. The summed E-state index contributed by atoms with van der Waals surface area (Å²) in [6.45, 7) is 21.0. The molecule has 1 aliphatic carbocycles. The van der Waals surface area contributed by atoms with Gasteiger partial charge in [0.25, 0.3) is 0 Å². The predicted octanol–water partition coefficient (Wildman–Crippen LogP) is 8.83. The van der Waals surface area contributed by atoms with Crippen molar-refractivity contribution in [3.8, 4) is 11.1 Å². The van der Waals surface area contributed by atoms with Gasteiger partial charge in [0.05, 0.1) is 5.41 Å². The van der Waals surface area contributed by atoms with Crippen molar-refractivity contribution in [3.05, 3.63) is 120 Å². The Morgan fingerprint density at radius 3 is 1.63 bits per heavy atom. The SMILES string of the molecule is C=C/C=C(\C=C)C1(C(/C=C\C)=C/C)c2ccccc2-c2ccccc21.CC(C)(C)C. The van der Waals surface area contributed by atoms with Crippen molar-refractivity contribution in [2.75, 3.05) is 0 Å². The van der Waals surface area contributed by atoms with Crippen LogP contribution in [-0.2, 0) is 5.41 Å². The van der Waals surface area contributed by atoms with Crippen molar-refractivity contribution in [3.63, 3.8) is 0 Å². The maximum Gasteiger partial charge on any atom is 0.0710 e. The Labute approximate surface area is 184 Å². The third-order valence-corrected chi connectivity index (χ3v) is 4.99. The largest absolute Gasteiger partial charge is 0.0991 e. The molecule has 3 rings (SSSR count). The molecule has 156 valence electrons. The van der Waals surface area contributed by atoms with E-state index in [0.717, 1.165) is 5.57 Å². The van der Waals surface area contributed by atoms with Crippen molar-refractivity contribution in [1.82, 2.24) is 0 Å². The summed E-state index contributed by atoms with van der Waals surface area (Å²) in [7, 11) is 0. The van der Waals surface area contributed by atoms with Gasteiger partial charge in [0.15, 0.2) is 0 Å². The average molecular weight is 397 g/mol. The van der Waals surface area contributed by atoms with E-state index in [1.54, 1.807) is 0 Å². The van der Waals surface area contributed by atoms with Crippen LogP contribution >= 0.6 is 0 Å². The van der Waals surface area contributed by atoms with Crippen molar-refractivity contribution in [2.45, 2.75) is 47.0 Å². The molecule has 2 aromatic rings. The fourth-order valence-corrected chi connectivity index (χ4v) is 4.11. The lowest BCUT2D eigenvalue weighted by Gasteiger charge is -2.35. The molecule has 0 fully saturated rings. The fourth-order valence-electron chi connectivity index (χ4n) is 4.11. The summed E-state index contributed by atoms with van der Waals surface area (Å²) in [4.78, 5) is 0. The molecular weight excluding hydrogens is 360 g/mol. The summed E-state index contributed by atoms with van der Waals surface area (Å²) in [5.74, 6) is 0. The highest BCUT2D eigenvalue weighted by Crippen LogP contribution is 2.56. The molecule has 0 bridgehead atoms. The highest BCUT2D eigenvalue weighted by Gasteiger charge is 2.46. The van der Waals surface area contributed by atoms with Crippen molar-refractivity contribution < 1.29 is 0 Å². The van der Waals surface area contributed by atoms with Gasteiger partial charge in [-0.05, 0) is 52.7 Å². The lowest BCUT2D eigenvalue weighted by molar-refractivity contribution is 0.469. The van der Waals surface area contributed by atoms with Crippen LogP contribution in [0.1, 0.15) is 52.7 Å². The van der Waals surface area contributed by atoms with Gasteiger partial charge in [-0.15, -0.1) is 0 Å². The normalized spacial score (nSPS) is 15.1. The van der Waals surface area contributed by atoms with Crippen LogP contribution < -0.4 is 0 Å². The van der Waals surface area contributed by atoms with Gasteiger partial charge in [-0.3, -0.25) is 0 Å². The Morgan fingerprint density at radius 1 is 0.800 bits per heavy atom. The minimum absolute atomic E-state index is 0.357. The molecule has 0 saturated carbocycles. The summed E-state index contributed by atoms with van der Waals surface area (Å²) in [6.07, 6.45) is 12.4. The quantitative estimate of drug-likeness (QED) is 0.443. The van der Waals surface area contributed by atoms with Crippen molar-refractivity contribution in [2.24, 2.45) is 5.41 Å². The van der Waals surface area contributed by atoms with E-state index in [1.165, 1.54) is 27.8 Å². The van der Waals surface area contributed by atoms with Crippen LogP contribution in [0, 0.1) is 5.41 Å². The summed E-state index contributed by atoms with van der Waals surface area (Å²) in [6, 6.07) is 17.4. The molecule has 0 heterocycles. The predicted molar refractivity (Wildman–Crippen MR) is 135 cm³/mol. The molecule has 0 spiro atoms. The fraction of sp³-hybridized carbons (Fsp3) is 0.267. The van der Waals surface area contributed by atoms with Crippen LogP contribution in [0.5, 0.6) is 0 Å². The van der Waals surface area contributed by atoms with E-state index in [9.17, 15) is 0 Å². The molecule has 0 amide bonds. The van der Waals surface area contributed by atoms with Gasteiger partial charge in [0.1, 0.15) is 0 Å². The summed E-state index contributed by atoms with van der Waals surface area (Å²) in [5.41, 5.74) is 7.72. The molecule has 1 aliphatic rings. The van der Waals surface area contributed by atoms with Gasteiger partial charge in [-0.1, -0.05) is 126 Å². The number of allylic oxidation sites excluding steroid dienone is 8. The van der Waals surface area contributed by atoms with Gasteiger partial charge in [0, 0.05) is 0 Å². The molecule has 0 aliphatic heterocycles. The molecule has 0 saturated heterocycles. The molecule has 0 atom stereocenters. The van der Waals surface area contributed by atoms with E-state index in [-0.39, 0.29) is 5.41 Å². The topological polar surface area (TPSA) is 0 Å². The van der Waals surface area contributed by atoms with E-state index in [1.807, 2.05) is 12.2 Å². The standard InChI is InChI=1S/C25H24.C5H12/c1-5-13-19(7-3)25(20(8-4)14-6-2)23-17-11-9-15-21(23)22-16-10-12-18-24(22)25;1-5(2,3)4/h5-18H,1,3H2,2,4H3;1-4H3/b14-6-,19-13+,20-8+;.